The molecule has 0 fully saturated rings. The molecule has 23 heavy (non-hydrogen) atoms. The summed E-state index contributed by atoms with van der Waals surface area (Å²) in [5.41, 5.74) is 2.21. The summed E-state index contributed by atoms with van der Waals surface area (Å²) in [5, 5.41) is 5.50. The summed E-state index contributed by atoms with van der Waals surface area (Å²) in [6, 6.07) is 20.4. The van der Waals surface area contributed by atoms with Crippen molar-refractivity contribution in [2.45, 2.75) is 18.7 Å². The van der Waals surface area contributed by atoms with Gasteiger partial charge in [-0.1, -0.05) is 67.2 Å². The van der Waals surface area contributed by atoms with Crippen molar-refractivity contribution in [3.05, 3.63) is 66.2 Å². The summed E-state index contributed by atoms with van der Waals surface area (Å²) < 4.78 is 0. The fourth-order valence-electron chi connectivity index (χ4n) is 2.31. The van der Waals surface area contributed by atoms with Crippen molar-refractivity contribution in [3.8, 4) is 0 Å². The number of thiocarbonyl (C=S) groups is 1. The predicted octanol–water partition coefficient (Wildman–Crippen LogP) is 4.38. The van der Waals surface area contributed by atoms with E-state index in [-0.39, 0.29) is 0 Å². The normalized spacial score (nSPS) is 16.7. The first-order valence-corrected chi connectivity index (χ1v) is 8.90. The highest BCUT2D eigenvalue weighted by Crippen LogP contribution is 2.25. The monoisotopic (exact) mass is 341 g/mol. The van der Waals surface area contributed by atoms with Crippen LogP contribution in [-0.4, -0.2) is 27.0 Å². The number of aliphatic imine (C=N–C) groups is 1. The molecule has 2 aromatic carbocycles. The standard InChI is InChI=1S/C18H19N3S2/c1-14-12-19-18(23-14)21(13-15-8-4-2-5-9-15)17(22)20-16-10-6-3-7-11-16/h2-11,14H,12-13H2,1H3,(H,20,22)/t14-/m0/s1. The second kappa shape index (κ2) is 7.62. The minimum atomic E-state index is 0.503. The number of hydrogen-bond acceptors (Lipinski definition) is 3. The van der Waals surface area contributed by atoms with E-state index < -0.39 is 0 Å². The SMILES string of the molecule is C[C@H]1CN=C(N(Cc2ccccc2)C(=S)Nc2ccccc2)S1. The average Bonchev–Trinajstić information content (AvgIpc) is 3.00. The van der Waals surface area contributed by atoms with E-state index in [9.17, 15) is 0 Å². The van der Waals surface area contributed by atoms with Crippen LogP contribution in [-0.2, 0) is 6.54 Å². The minimum absolute atomic E-state index is 0.503. The second-order valence-electron chi connectivity index (χ2n) is 5.42. The van der Waals surface area contributed by atoms with E-state index >= 15 is 0 Å². The molecule has 118 valence electrons. The fraction of sp³-hybridized carbons (Fsp3) is 0.222. The lowest BCUT2D eigenvalue weighted by molar-refractivity contribution is 0.623. The largest absolute Gasteiger partial charge is 0.332 e. The van der Waals surface area contributed by atoms with Crippen molar-refractivity contribution in [1.82, 2.24) is 4.90 Å². The Morgan fingerprint density at radius 2 is 1.83 bits per heavy atom. The van der Waals surface area contributed by atoms with Gasteiger partial charge in [-0.05, 0) is 29.9 Å². The molecule has 3 nitrogen and oxygen atoms in total. The van der Waals surface area contributed by atoms with Gasteiger partial charge < -0.3 is 5.32 Å². The van der Waals surface area contributed by atoms with E-state index in [1.165, 1.54) is 5.56 Å². The van der Waals surface area contributed by atoms with Gasteiger partial charge in [-0.3, -0.25) is 9.89 Å². The summed E-state index contributed by atoms with van der Waals surface area (Å²) in [6.07, 6.45) is 0. The fourth-order valence-corrected chi connectivity index (χ4v) is 3.58. The van der Waals surface area contributed by atoms with E-state index in [1.807, 2.05) is 48.5 Å². The Morgan fingerprint density at radius 1 is 1.17 bits per heavy atom. The van der Waals surface area contributed by atoms with Crippen LogP contribution in [0.2, 0.25) is 0 Å². The van der Waals surface area contributed by atoms with Crippen LogP contribution >= 0.6 is 24.0 Å². The van der Waals surface area contributed by atoms with Crippen LogP contribution < -0.4 is 5.32 Å². The number of para-hydroxylation sites is 1. The molecule has 3 rings (SSSR count). The third kappa shape index (κ3) is 4.33. The Hall–Kier alpha value is -1.85. The predicted molar refractivity (Wildman–Crippen MR) is 104 cm³/mol. The number of amidine groups is 1. The lowest BCUT2D eigenvalue weighted by atomic mass is 10.2. The number of nitrogens with one attached hydrogen (secondary N) is 1. The molecule has 1 aliphatic rings. The highest BCUT2D eigenvalue weighted by atomic mass is 32.2. The lowest BCUT2D eigenvalue weighted by Gasteiger charge is -2.25. The zero-order valence-corrected chi connectivity index (χ0v) is 14.6. The summed E-state index contributed by atoms with van der Waals surface area (Å²) in [5.74, 6) is 0. The number of nitrogens with zero attached hydrogens (tertiary/aromatic N) is 2. The van der Waals surface area contributed by atoms with Crippen LogP contribution in [0.25, 0.3) is 0 Å². The minimum Gasteiger partial charge on any atom is -0.332 e. The summed E-state index contributed by atoms with van der Waals surface area (Å²) in [7, 11) is 0. The lowest BCUT2D eigenvalue weighted by Crippen LogP contribution is -2.37. The number of anilines is 1. The number of benzene rings is 2. The van der Waals surface area contributed by atoms with Crippen LogP contribution in [0.1, 0.15) is 12.5 Å². The quantitative estimate of drug-likeness (QED) is 0.839. The van der Waals surface area contributed by atoms with Crippen molar-refractivity contribution in [1.29, 1.82) is 0 Å². The molecule has 2 aromatic rings. The molecule has 0 spiro atoms. The molecule has 1 atom stereocenters. The van der Waals surface area contributed by atoms with Crippen LogP contribution in [0, 0.1) is 0 Å². The summed E-state index contributed by atoms with van der Waals surface area (Å²) in [4.78, 5) is 6.74. The Labute approximate surface area is 146 Å². The first-order chi connectivity index (χ1) is 11.2. The Balaban J connectivity index is 1.78. The first kappa shape index (κ1) is 16.0. The van der Waals surface area contributed by atoms with E-state index in [4.69, 9.17) is 12.2 Å². The van der Waals surface area contributed by atoms with Crippen LogP contribution in [0.3, 0.4) is 0 Å². The van der Waals surface area contributed by atoms with E-state index in [2.05, 4.69) is 34.3 Å². The van der Waals surface area contributed by atoms with E-state index in [0.29, 0.717) is 10.4 Å². The van der Waals surface area contributed by atoms with Gasteiger partial charge in [0.2, 0.25) is 0 Å². The molecule has 0 aliphatic carbocycles. The molecule has 0 radical (unpaired) electrons. The zero-order chi connectivity index (χ0) is 16.1. The van der Waals surface area contributed by atoms with Gasteiger partial charge in [-0.2, -0.15) is 0 Å². The molecule has 1 aliphatic heterocycles. The van der Waals surface area contributed by atoms with Crippen molar-refractivity contribution < 1.29 is 0 Å². The molecule has 1 heterocycles. The van der Waals surface area contributed by atoms with Crippen LogP contribution in [0.4, 0.5) is 5.69 Å². The van der Waals surface area contributed by atoms with Gasteiger partial charge in [-0.25, -0.2) is 0 Å². The van der Waals surface area contributed by atoms with Crippen molar-refractivity contribution >= 4 is 39.9 Å². The van der Waals surface area contributed by atoms with Crippen LogP contribution in [0.5, 0.6) is 0 Å². The molecule has 0 unspecified atom stereocenters. The molecule has 0 amide bonds. The smallest absolute Gasteiger partial charge is 0.179 e. The highest BCUT2D eigenvalue weighted by molar-refractivity contribution is 8.14. The van der Waals surface area contributed by atoms with E-state index in [0.717, 1.165) is 23.9 Å². The Morgan fingerprint density at radius 3 is 2.43 bits per heavy atom. The van der Waals surface area contributed by atoms with E-state index in [1.54, 1.807) is 11.8 Å². The van der Waals surface area contributed by atoms with Crippen molar-refractivity contribution in [3.63, 3.8) is 0 Å². The second-order valence-corrected chi connectivity index (χ2v) is 7.21. The van der Waals surface area contributed by atoms with Gasteiger partial charge >= 0.3 is 0 Å². The number of thioether (sulfide) groups is 1. The number of rotatable bonds is 3. The first-order valence-electron chi connectivity index (χ1n) is 7.61. The molecular formula is C18H19N3S2. The van der Waals surface area contributed by atoms with Gasteiger partial charge in [0.25, 0.3) is 0 Å². The van der Waals surface area contributed by atoms with Gasteiger partial charge in [0.05, 0.1) is 13.1 Å². The van der Waals surface area contributed by atoms with Crippen LogP contribution in [0.15, 0.2) is 65.7 Å². The summed E-state index contributed by atoms with van der Waals surface area (Å²) >= 11 is 7.43. The maximum atomic E-state index is 5.65. The topological polar surface area (TPSA) is 27.6 Å². The molecule has 0 bridgehead atoms. The highest BCUT2D eigenvalue weighted by Gasteiger charge is 2.24. The number of hydrogen-bond donors (Lipinski definition) is 1. The molecule has 5 heteroatoms. The van der Waals surface area contributed by atoms with Gasteiger partial charge in [0, 0.05) is 10.9 Å². The van der Waals surface area contributed by atoms with Gasteiger partial charge in [0.1, 0.15) is 0 Å². The van der Waals surface area contributed by atoms with Gasteiger partial charge in [-0.15, -0.1) is 0 Å². The van der Waals surface area contributed by atoms with Crippen molar-refractivity contribution in [2.24, 2.45) is 4.99 Å². The van der Waals surface area contributed by atoms with Gasteiger partial charge in [0.15, 0.2) is 10.3 Å². The third-order valence-electron chi connectivity index (χ3n) is 3.47. The van der Waals surface area contributed by atoms with Crippen molar-refractivity contribution in [2.75, 3.05) is 11.9 Å². The summed E-state index contributed by atoms with van der Waals surface area (Å²) in [6.45, 7) is 3.76. The average molecular weight is 342 g/mol. The maximum absolute atomic E-state index is 5.65. The third-order valence-corrected chi connectivity index (χ3v) is 4.91. The Kier molecular flexibility index (Phi) is 5.31. The molecular weight excluding hydrogens is 322 g/mol. The zero-order valence-electron chi connectivity index (χ0n) is 13.0. The molecule has 0 saturated heterocycles. The molecule has 0 aromatic heterocycles. The maximum Gasteiger partial charge on any atom is 0.179 e. The molecule has 1 N–H and O–H groups in total. The Bertz CT molecular complexity index is 686. The molecule has 0 saturated carbocycles.